The van der Waals surface area contributed by atoms with Crippen LogP contribution >= 0.6 is 82.7 Å². The molecule has 4 amide bonds. The smallest absolute Gasteiger partial charge is 1.00 e. The number of aliphatic hydroxyl groups excluding tert-OH is 3. The van der Waals surface area contributed by atoms with E-state index in [0.717, 1.165) is 188 Å². The summed E-state index contributed by atoms with van der Waals surface area (Å²) in [6, 6.07) is 37.0. The van der Waals surface area contributed by atoms with Crippen molar-refractivity contribution in [1.82, 2.24) is 46.3 Å². The Kier molecular flexibility index (Phi) is 74.0. The zero-order chi connectivity index (χ0) is 107. The fourth-order valence-corrected chi connectivity index (χ4v) is 18.0. The minimum absolute atomic E-state index is 0. The van der Waals surface area contributed by atoms with Gasteiger partial charge in [0.2, 0.25) is 0 Å². The van der Waals surface area contributed by atoms with E-state index < -0.39 is 88.2 Å². The molecule has 10 heterocycles. The van der Waals surface area contributed by atoms with E-state index in [1.165, 1.54) is 59.4 Å². The normalized spacial score (nSPS) is 14.5. The Hall–Kier alpha value is -6.95. The second kappa shape index (κ2) is 80.0. The monoisotopic (exact) mass is 2330 g/mol. The van der Waals surface area contributed by atoms with E-state index in [1.807, 2.05) is 47.1 Å². The maximum absolute atomic E-state index is 12.3. The molecule has 44 heteroatoms. The summed E-state index contributed by atoms with van der Waals surface area (Å²) in [5.41, 5.74) is 11.8. The molecule has 0 bridgehead atoms. The van der Waals surface area contributed by atoms with Crippen LogP contribution in [0.5, 0.6) is 5.06 Å². The number of esters is 2. The number of terminal acetylenes is 1. The van der Waals surface area contributed by atoms with Crippen molar-refractivity contribution in [3.05, 3.63) is 211 Å². The van der Waals surface area contributed by atoms with E-state index in [4.69, 9.17) is 55.9 Å². The molecule has 5 aliphatic rings. The van der Waals surface area contributed by atoms with E-state index >= 15 is 0 Å². The predicted molar refractivity (Wildman–Crippen MR) is 573 cm³/mol. The van der Waals surface area contributed by atoms with Gasteiger partial charge in [0, 0.05) is 160 Å². The van der Waals surface area contributed by atoms with Gasteiger partial charge in [-0.3, -0.25) is 49.0 Å². The molecule has 8 aromatic rings. The fourth-order valence-electron chi connectivity index (χ4n) is 12.3. The molecular weight excluding hydrogens is 2200 g/mol. The molecule has 786 valence electrons. The molecule has 0 spiro atoms. The third-order valence-corrected chi connectivity index (χ3v) is 26.6. The Morgan fingerprint density at radius 1 is 0.469 bits per heavy atom. The van der Waals surface area contributed by atoms with Crippen LogP contribution in [0.4, 0.5) is 0 Å². The minimum atomic E-state index is -1.25. The number of aliphatic hydroxyl groups is 3. The standard InChI is InChI=1S/C25H26N2O5S.C24H26N4O4S.C14H14BrNO4.C14H21NOSSi.C11H13NOS.C10H14OSSi.C4H9NO.CH2O3.ClH.Cu.2K.H3NO.H/c1-18(28)23(25(30)31-2)26-24(29)20-9-7-19(8-10-20)5-3-4-6-21-11-12-22(33-21)17-27-13-15-32-16-14-27;1-17(29)22(24(31)27-25)26-23(30)19-8-6-18(7-9-19)4-2-3-5-20-10-11-21(33-20)16-28-12-14-32-15-13-28;1-9(17)12(14(19)20-2)16-13(18)11-5-3-10(4-6-11)7-8-15;1-18(2,3)11-6-13-4-5-14(17-13)12-15-7-9-16-10-8-15;1-2-10-3-4-11(14-10)9-12-5-7-13-8-6-12;1-11-10-6-5-9(12-10)7-8-13(2,3)4;1-3-6-4-2-5-1;2-1-4-3;;;;;1-2;/h7-12,18,23,28H,13-17H2,1-2H3,(H,26,29);6-11,17,22,29H,12-16,25H2,1H3,(H,26,30)(H,27,31);3-6,9,12,17H,1-2H3,(H,16,18);4-5H,7-10,12H2,1-3H3;1,3-4H,5-9H2;5-6H,1-4H3;5H,1-4H2;1,3H;1H;;;;2H,1H2;/q;;;;;;;;;3*+1;;-1/p-2/t18-,23+;17-,22+;9-,12+;;;;;;;;;;;/m111.........../s1. The Morgan fingerprint density at radius 3 is 1.00 bits per heavy atom. The number of hydrazine groups is 1. The van der Waals surface area contributed by atoms with Gasteiger partial charge in [-0.2, -0.15) is 0 Å². The second-order valence-electron chi connectivity index (χ2n) is 33.2. The molecule has 0 saturated carbocycles. The number of carbonyl (C=O) groups is 7. The molecule has 0 radical (unpaired) electrons. The molecule has 5 aromatic heterocycles. The van der Waals surface area contributed by atoms with Crippen LogP contribution in [0.3, 0.4) is 0 Å². The Labute approximate surface area is 993 Å². The number of morpholine rings is 5. The van der Waals surface area contributed by atoms with Gasteiger partial charge in [-0.1, -0.05) is 86.1 Å². The van der Waals surface area contributed by atoms with Gasteiger partial charge in [0.1, 0.15) is 22.2 Å². The molecule has 6 atom stereocenters. The zero-order valence-electron chi connectivity index (χ0n) is 86.1. The van der Waals surface area contributed by atoms with Gasteiger partial charge in [0.05, 0.1) is 130 Å². The second-order valence-corrected chi connectivity index (χ2v) is 48.8. The number of halogens is 2. The quantitative estimate of drug-likeness (QED) is 0.00679. The van der Waals surface area contributed by atoms with Gasteiger partial charge < -0.3 is 91.3 Å². The van der Waals surface area contributed by atoms with Gasteiger partial charge in [0.25, 0.3) is 30.1 Å². The third-order valence-electron chi connectivity index (χ3n) is 19.7. The number of methoxy groups -OCH3 is 3. The Bertz CT molecular complexity index is 5580. The van der Waals surface area contributed by atoms with Crippen molar-refractivity contribution in [1.29, 1.82) is 0 Å². The summed E-state index contributed by atoms with van der Waals surface area (Å²) in [7, 11) is 5.78. The molecule has 147 heavy (non-hydrogen) atoms. The van der Waals surface area contributed by atoms with Crippen LogP contribution in [-0.2, 0) is 98.5 Å². The van der Waals surface area contributed by atoms with Crippen molar-refractivity contribution in [2.75, 3.05) is 153 Å². The number of benzene rings is 3. The molecule has 0 aliphatic carbocycles. The first kappa shape index (κ1) is 136. The summed E-state index contributed by atoms with van der Waals surface area (Å²) >= 11 is 15.1. The van der Waals surface area contributed by atoms with Crippen LogP contribution in [0.25, 0.3) is 0 Å². The first-order chi connectivity index (χ1) is 69.7. The van der Waals surface area contributed by atoms with Crippen molar-refractivity contribution < 1.29 is 221 Å². The van der Waals surface area contributed by atoms with Gasteiger partial charge in [-0.05, 0) is 195 Å². The fraction of sp³-hybridized carbons (Fsp3) is 0.408. The number of hydrogen-bond acceptors (Lipinski definition) is 33. The van der Waals surface area contributed by atoms with Crippen LogP contribution in [0.15, 0.2) is 133 Å². The summed E-state index contributed by atoms with van der Waals surface area (Å²) in [6.45, 7) is 39.9. The Balaban J connectivity index is 0.000000885. The number of hydrogen-bond donors (Lipinski definition) is 11. The topological polar surface area (TPSA) is 432 Å². The molecule has 32 nitrogen and oxygen atoms in total. The van der Waals surface area contributed by atoms with Crippen molar-refractivity contribution in [2.45, 2.75) is 123 Å². The Morgan fingerprint density at radius 2 is 0.748 bits per heavy atom. The summed E-state index contributed by atoms with van der Waals surface area (Å²) in [6.07, 6.45) is 2.10. The van der Waals surface area contributed by atoms with Crippen molar-refractivity contribution in [2.24, 2.45) is 11.7 Å². The molecule has 13 rings (SSSR count). The van der Waals surface area contributed by atoms with E-state index in [2.05, 4.69) is 259 Å². The number of nitrogens with two attached hydrogens (primary N) is 2. The molecular formula is C103H128BrClCuK2N11O21S5Si2. The number of amides is 4. The largest absolute Gasteiger partial charge is 1.00 e. The number of nitrogens with one attached hydrogen (secondary N) is 5. The van der Waals surface area contributed by atoms with Crippen LogP contribution in [-0.4, -0.2) is 288 Å². The predicted octanol–water partition coefficient (Wildman–Crippen LogP) is 2.67. The van der Waals surface area contributed by atoms with Crippen LogP contribution < -0.4 is 151 Å². The minimum Gasteiger partial charge on any atom is -1.00 e. The zero-order valence-corrected chi connectivity index (χ0v) is 101. The van der Waals surface area contributed by atoms with E-state index in [1.54, 1.807) is 125 Å². The molecule has 5 fully saturated rings. The van der Waals surface area contributed by atoms with Crippen molar-refractivity contribution >= 4 is 141 Å². The SMILES string of the molecule is C#Cc1ccc(CN2CCOCC2)s1.C1COCCN1.COC(=O)[C@@H](NC(=O)c1ccc(C#CBr)cc1)[C@@H](C)O.COC(=O)[C@@H](NC(=O)c1ccc(C#CC#Cc2ccc(CN3CCOCC3)s2)cc1)[C@@H](C)O.COc1ccc(C#C[Si](C)(C)C)s1.C[C@@H](O)[C@H](NC(=O)c1ccc(C#CC#Cc2ccc(CN3CCOCC3)s2)cc1)C(=O)NN.C[Si](C)(C)C#Cc1ccc(CN2CCOCC2)s1.NO.O=CO[O-].[Cl][Cu].[H-].[K+].[K+]. The maximum atomic E-state index is 12.3. The van der Waals surface area contributed by atoms with Gasteiger partial charge >= 0.3 is 140 Å². The van der Waals surface area contributed by atoms with Crippen LogP contribution in [0.2, 0.25) is 39.3 Å². The number of carbonyl (C=O) groups excluding carboxylic acids is 7. The first-order valence-electron chi connectivity index (χ1n) is 45.4. The molecule has 13 N–H and O–H groups in total. The van der Waals surface area contributed by atoms with E-state index in [-0.39, 0.29) is 111 Å². The number of ether oxygens (including phenoxy) is 8. The molecule has 5 saturated heterocycles. The van der Waals surface area contributed by atoms with E-state index in [9.17, 15) is 44.1 Å². The molecule has 0 unspecified atom stereocenters. The summed E-state index contributed by atoms with van der Waals surface area (Å²) in [5.74, 6) is 40.4. The summed E-state index contributed by atoms with van der Waals surface area (Å²) in [4.78, 5) is 105. The van der Waals surface area contributed by atoms with Crippen LogP contribution in [0.1, 0.15) is 114 Å². The molecule has 5 aliphatic heterocycles. The number of nitrogens with zero attached hydrogens (tertiary/aromatic N) is 4. The average Bonchev–Trinajstić information content (AvgIpc) is 1.65. The van der Waals surface area contributed by atoms with Gasteiger partial charge in [0.15, 0.2) is 17.1 Å². The van der Waals surface area contributed by atoms with Crippen molar-refractivity contribution in [3.63, 3.8) is 0 Å². The van der Waals surface area contributed by atoms with E-state index in [0.29, 0.717) is 27.8 Å². The van der Waals surface area contributed by atoms with Gasteiger partial charge in [-0.15, -0.1) is 62.9 Å². The summed E-state index contributed by atoms with van der Waals surface area (Å²) in [5, 5.41) is 55.2. The first-order valence-corrected chi connectivity index (χ1v) is 58.6. The average molecular weight is 2330 g/mol. The maximum Gasteiger partial charge on any atom is 1.00 e. The van der Waals surface area contributed by atoms with Crippen molar-refractivity contribution in [3.8, 4) is 98.4 Å². The third kappa shape index (κ3) is 59.2. The van der Waals surface area contributed by atoms with Gasteiger partial charge in [-0.25, -0.2) is 21.3 Å². The van der Waals surface area contributed by atoms with Crippen LogP contribution in [0, 0.1) is 93.4 Å². The molecule has 3 aromatic carbocycles. The summed E-state index contributed by atoms with van der Waals surface area (Å²) < 4.78 is 40.6. The number of thiophene rings is 5. The number of rotatable bonds is 22.